The molecule has 15 heavy (non-hydrogen) atoms. The molecule has 0 fully saturated rings. The Morgan fingerprint density at radius 3 is 1.20 bits per heavy atom. The van der Waals surface area contributed by atoms with Gasteiger partial charge in [-0.2, -0.15) is 0 Å². The van der Waals surface area contributed by atoms with Crippen LogP contribution in [-0.2, 0) is 0 Å². The molecule has 0 aromatic rings. The van der Waals surface area contributed by atoms with Crippen molar-refractivity contribution in [2.45, 2.75) is 75.2 Å². The first-order valence-electron chi connectivity index (χ1n) is 6.55. The molecule has 0 aromatic carbocycles. The fourth-order valence-electron chi connectivity index (χ4n) is 0.718. The van der Waals surface area contributed by atoms with Gasteiger partial charge in [-0.3, -0.25) is 0 Å². The zero-order valence-electron chi connectivity index (χ0n) is 12.6. The van der Waals surface area contributed by atoms with Crippen molar-refractivity contribution in [3.8, 4) is 0 Å². The monoisotopic (exact) mass is 214 g/mol. The Balaban J connectivity index is -0.000000200. The van der Waals surface area contributed by atoms with Gasteiger partial charge in [0.05, 0.1) is 0 Å². The van der Waals surface area contributed by atoms with Gasteiger partial charge >= 0.3 is 0 Å². The molecule has 0 nitrogen and oxygen atoms in total. The Morgan fingerprint density at radius 2 is 1.13 bits per heavy atom. The number of allylic oxidation sites excluding steroid dienone is 2. The van der Waals surface area contributed by atoms with Crippen molar-refractivity contribution in [2.24, 2.45) is 11.8 Å². The zero-order chi connectivity index (χ0) is 12.9. The van der Waals surface area contributed by atoms with Crippen molar-refractivity contribution >= 4 is 0 Å². The molecule has 0 rings (SSSR count). The Bertz CT molecular complexity index is 116. The standard InChI is InChI=1S/C9H18.2C3H8/c1-7(2)6-9(5)8(3)4;2*1-3-2/h6-8H,1-5H3;2*3H2,1-2H3/b9-6+;;. The van der Waals surface area contributed by atoms with E-state index < -0.39 is 0 Å². The maximum Gasteiger partial charge on any atom is -0.0263 e. The van der Waals surface area contributed by atoms with Crippen LogP contribution in [0.2, 0.25) is 0 Å². The van der Waals surface area contributed by atoms with E-state index in [2.05, 4.69) is 68.4 Å². The summed E-state index contributed by atoms with van der Waals surface area (Å²) < 4.78 is 0. The molecule has 0 radical (unpaired) electrons. The second-order valence-electron chi connectivity index (χ2n) is 4.72. The quantitative estimate of drug-likeness (QED) is 0.489. The maximum atomic E-state index is 2.32. The summed E-state index contributed by atoms with van der Waals surface area (Å²) in [5.41, 5.74) is 1.50. The molecule has 0 aromatic heterocycles. The summed E-state index contributed by atoms with van der Waals surface area (Å²) >= 11 is 0. The largest absolute Gasteiger partial charge is 0.0828 e. The average Bonchev–Trinajstić information content (AvgIpc) is 2.05. The van der Waals surface area contributed by atoms with E-state index in [1.54, 1.807) is 0 Å². The SMILES string of the molecule is C/C(=C\C(C)C)C(C)C.CCC.CCC. The predicted molar refractivity (Wildman–Crippen MR) is 75.4 cm³/mol. The van der Waals surface area contributed by atoms with Crippen LogP contribution in [-0.4, -0.2) is 0 Å². The summed E-state index contributed by atoms with van der Waals surface area (Å²) in [5.74, 6) is 1.42. The van der Waals surface area contributed by atoms with Crippen LogP contribution in [0.5, 0.6) is 0 Å². The minimum absolute atomic E-state index is 0.701. The molecule has 0 amide bonds. The fraction of sp³-hybridized carbons (Fsp3) is 0.867. The van der Waals surface area contributed by atoms with Crippen molar-refractivity contribution in [3.05, 3.63) is 11.6 Å². The predicted octanol–water partition coefficient (Wildman–Crippen LogP) is 6.08. The summed E-state index contributed by atoms with van der Waals surface area (Å²) in [4.78, 5) is 0. The van der Waals surface area contributed by atoms with Crippen LogP contribution in [0.25, 0.3) is 0 Å². The van der Waals surface area contributed by atoms with Crippen LogP contribution in [0.15, 0.2) is 11.6 Å². The van der Waals surface area contributed by atoms with E-state index in [-0.39, 0.29) is 0 Å². The van der Waals surface area contributed by atoms with Gasteiger partial charge < -0.3 is 0 Å². The highest BCUT2D eigenvalue weighted by molar-refractivity contribution is 5.01. The molecule has 0 unspecified atom stereocenters. The van der Waals surface area contributed by atoms with Gasteiger partial charge in [0, 0.05) is 0 Å². The molecular weight excluding hydrogens is 180 g/mol. The lowest BCUT2D eigenvalue weighted by atomic mass is 10.0. The molecule has 0 spiro atoms. The average molecular weight is 214 g/mol. The molecule has 0 heteroatoms. The lowest BCUT2D eigenvalue weighted by Gasteiger charge is -2.05. The van der Waals surface area contributed by atoms with Crippen molar-refractivity contribution in [2.75, 3.05) is 0 Å². The van der Waals surface area contributed by atoms with Gasteiger partial charge in [-0.1, -0.05) is 79.9 Å². The molecule has 0 aliphatic heterocycles. The second-order valence-corrected chi connectivity index (χ2v) is 4.72. The molecule has 0 atom stereocenters. The Hall–Kier alpha value is -0.260. The topological polar surface area (TPSA) is 0 Å². The van der Waals surface area contributed by atoms with Crippen molar-refractivity contribution < 1.29 is 0 Å². The van der Waals surface area contributed by atoms with E-state index >= 15 is 0 Å². The van der Waals surface area contributed by atoms with Crippen LogP contribution < -0.4 is 0 Å². The lowest BCUT2D eigenvalue weighted by Crippen LogP contribution is -1.91. The molecule has 0 heterocycles. The molecule has 0 bridgehead atoms. The van der Waals surface area contributed by atoms with Crippen molar-refractivity contribution in [3.63, 3.8) is 0 Å². The Labute approximate surface area is 99.2 Å². The third-order valence-corrected chi connectivity index (χ3v) is 1.51. The van der Waals surface area contributed by atoms with Crippen LogP contribution in [0.3, 0.4) is 0 Å². The Morgan fingerprint density at radius 1 is 0.867 bits per heavy atom. The second kappa shape index (κ2) is 16.2. The summed E-state index contributed by atoms with van der Waals surface area (Å²) in [6.45, 7) is 19.6. The van der Waals surface area contributed by atoms with Gasteiger partial charge in [0.25, 0.3) is 0 Å². The first-order valence-corrected chi connectivity index (χ1v) is 6.55. The molecule has 0 N–H and O–H groups in total. The van der Waals surface area contributed by atoms with Gasteiger partial charge in [0.2, 0.25) is 0 Å². The van der Waals surface area contributed by atoms with Gasteiger partial charge in [0.1, 0.15) is 0 Å². The van der Waals surface area contributed by atoms with E-state index in [0.717, 1.165) is 0 Å². The van der Waals surface area contributed by atoms with Gasteiger partial charge in [-0.15, -0.1) is 0 Å². The molecule has 94 valence electrons. The number of hydrogen-bond donors (Lipinski definition) is 0. The van der Waals surface area contributed by atoms with Gasteiger partial charge in [0.15, 0.2) is 0 Å². The van der Waals surface area contributed by atoms with E-state index in [1.807, 2.05) is 0 Å². The number of hydrogen-bond acceptors (Lipinski definition) is 0. The minimum Gasteiger partial charge on any atom is -0.0828 e. The van der Waals surface area contributed by atoms with Crippen molar-refractivity contribution in [1.82, 2.24) is 0 Å². The van der Waals surface area contributed by atoms with Crippen LogP contribution in [0.4, 0.5) is 0 Å². The first-order chi connectivity index (χ1) is 6.87. The van der Waals surface area contributed by atoms with E-state index in [1.165, 1.54) is 18.4 Å². The minimum atomic E-state index is 0.701. The highest BCUT2D eigenvalue weighted by Gasteiger charge is 1.95. The summed E-state index contributed by atoms with van der Waals surface area (Å²) in [6, 6.07) is 0. The maximum absolute atomic E-state index is 2.32. The Kier molecular flexibility index (Phi) is 21.8. The first kappa shape index (κ1) is 20.2. The zero-order valence-corrected chi connectivity index (χ0v) is 12.6. The molecule has 0 saturated heterocycles. The third-order valence-electron chi connectivity index (χ3n) is 1.51. The molecule has 0 aliphatic rings. The summed E-state index contributed by atoms with van der Waals surface area (Å²) in [6.07, 6.45) is 4.82. The van der Waals surface area contributed by atoms with Gasteiger partial charge in [-0.25, -0.2) is 0 Å². The van der Waals surface area contributed by atoms with Crippen molar-refractivity contribution in [1.29, 1.82) is 0 Å². The molecular formula is C15H34. The third kappa shape index (κ3) is 31.6. The summed E-state index contributed by atoms with van der Waals surface area (Å²) in [5, 5.41) is 0. The highest BCUT2D eigenvalue weighted by atomic mass is 14.0. The van der Waals surface area contributed by atoms with Crippen LogP contribution in [0, 0.1) is 11.8 Å². The smallest absolute Gasteiger partial charge is 0.0263 e. The van der Waals surface area contributed by atoms with Crippen LogP contribution >= 0.6 is 0 Å². The highest BCUT2D eigenvalue weighted by Crippen LogP contribution is 2.10. The molecule has 0 saturated carbocycles. The van der Waals surface area contributed by atoms with Gasteiger partial charge in [-0.05, 0) is 18.8 Å². The normalized spacial score (nSPS) is 10.5. The molecule has 0 aliphatic carbocycles. The summed E-state index contributed by atoms with van der Waals surface area (Å²) in [7, 11) is 0. The van der Waals surface area contributed by atoms with Crippen LogP contribution in [0.1, 0.15) is 75.2 Å². The fourth-order valence-corrected chi connectivity index (χ4v) is 0.718. The lowest BCUT2D eigenvalue weighted by molar-refractivity contribution is 0.731. The van der Waals surface area contributed by atoms with E-state index in [9.17, 15) is 0 Å². The number of rotatable bonds is 2. The van der Waals surface area contributed by atoms with E-state index in [4.69, 9.17) is 0 Å². The van der Waals surface area contributed by atoms with E-state index in [0.29, 0.717) is 11.8 Å².